The summed E-state index contributed by atoms with van der Waals surface area (Å²) in [6.07, 6.45) is -15.0. The number of nitrogens with zero attached hydrogens (tertiary/aromatic N) is 2. The predicted molar refractivity (Wildman–Crippen MR) is 359 cm³/mol. The molecule has 6 aromatic carbocycles. The Balaban J connectivity index is 0.773. The molecule has 6 aromatic rings. The molecule has 0 aliphatic carbocycles. The Kier molecular flexibility index (Phi) is 21.0. The van der Waals surface area contributed by atoms with E-state index in [0.29, 0.717) is 33.6 Å². The second kappa shape index (κ2) is 30.1. The lowest BCUT2D eigenvalue weighted by Gasteiger charge is -2.26. The second-order valence-corrected chi connectivity index (χ2v) is 28.2. The Morgan fingerprint density at radius 1 is 0.314 bits per heavy atom. The molecule has 4 amide bonds. The van der Waals surface area contributed by atoms with Crippen molar-refractivity contribution in [1.29, 1.82) is 0 Å². The van der Waals surface area contributed by atoms with Gasteiger partial charge >= 0.3 is 0 Å². The van der Waals surface area contributed by atoms with E-state index in [1.165, 1.54) is 0 Å². The SMILES string of the molecule is CC1(C)O[C@H]2O[C@H](C(=O)NCc3ccccc3)[C@H](OCc3cc(CO[C@@H]4[C@H]5OC(C)(C)O[C@H]5O[C@@H]4C(=O)NCc4ccccc4)cc(N=Nc4cc(CO[C@@H]5[C@H]6OC(C)(C)O[C@H]6O[C@@H]5C(=O)NCc5ccccc5)cc(CO[C@@H]5[C@H]6OC(C)(C)O[C@H]6O[C@@H]5C(=O)NCc5ccccc5)c4)c3)[C@H]2O1. The van der Waals surface area contributed by atoms with E-state index in [1.54, 1.807) is 79.7 Å². The van der Waals surface area contributed by atoms with Crippen LogP contribution in [-0.4, -0.2) is 145 Å². The van der Waals surface area contributed by atoms with Crippen LogP contribution in [0.2, 0.25) is 0 Å². The lowest BCUT2D eigenvalue weighted by molar-refractivity contribution is -0.219. The van der Waals surface area contributed by atoms with Crippen molar-refractivity contribution < 1.29 is 95.0 Å². The van der Waals surface area contributed by atoms with Gasteiger partial charge in [-0.25, -0.2) is 0 Å². The van der Waals surface area contributed by atoms with Crippen molar-refractivity contribution in [2.75, 3.05) is 0 Å². The minimum Gasteiger partial charge on any atom is -0.367 e. The average molecular weight is 1400 g/mol. The number of hydrogen-bond donors (Lipinski definition) is 4. The van der Waals surface area contributed by atoms with Crippen molar-refractivity contribution in [2.45, 2.75) is 230 Å². The van der Waals surface area contributed by atoms with Crippen LogP contribution in [0.15, 0.2) is 168 Å². The van der Waals surface area contributed by atoms with E-state index >= 15 is 0 Å². The average Bonchev–Trinajstić information content (AvgIpc) is 1.63. The van der Waals surface area contributed by atoms with Gasteiger partial charge in [-0.1, -0.05) is 133 Å². The summed E-state index contributed by atoms with van der Waals surface area (Å²) >= 11 is 0. The number of amides is 4. The highest BCUT2D eigenvalue weighted by Gasteiger charge is 2.61. The van der Waals surface area contributed by atoms with E-state index in [1.807, 2.05) is 133 Å². The first-order valence-electron chi connectivity index (χ1n) is 34.5. The van der Waals surface area contributed by atoms with Crippen molar-refractivity contribution >= 4 is 35.0 Å². The molecule has 0 aromatic heterocycles. The predicted octanol–water partition coefficient (Wildman–Crippen LogP) is 8.41. The Bertz CT molecular complexity index is 3470. The zero-order valence-electron chi connectivity index (χ0n) is 58.0. The molecule has 16 atom stereocenters. The molecule has 8 saturated heterocycles. The molecule has 14 rings (SSSR count). The van der Waals surface area contributed by atoms with Gasteiger partial charge in [0.25, 0.3) is 23.6 Å². The van der Waals surface area contributed by atoms with Crippen LogP contribution < -0.4 is 21.3 Å². The first kappa shape index (κ1) is 71.2. The van der Waals surface area contributed by atoms with Gasteiger partial charge in [-0.05, 0) is 124 Å². The number of nitrogens with one attached hydrogen (secondary N) is 4. The van der Waals surface area contributed by atoms with E-state index in [9.17, 15) is 19.2 Å². The molecule has 0 unspecified atom stereocenters. The van der Waals surface area contributed by atoms with E-state index in [2.05, 4.69) is 21.3 Å². The van der Waals surface area contributed by atoms with E-state index in [0.717, 1.165) is 22.3 Å². The van der Waals surface area contributed by atoms with Crippen LogP contribution in [0.25, 0.3) is 0 Å². The summed E-state index contributed by atoms with van der Waals surface area (Å²) in [7, 11) is 0. The lowest BCUT2D eigenvalue weighted by atomic mass is 10.1. The van der Waals surface area contributed by atoms with E-state index < -0.39 is 145 Å². The molecule has 8 aliphatic rings. The summed E-state index contributed by atoms with van der Waals surface area (Å²) in [6.45, 7) is 14.8. The first-order valence-corrected chi connectivity index (χ1v) is 34.5. The third kappa shape index (κ3) is 16.9. The van der Waals surface area contributed by atoms with Crippen molar-refractivity contribution in [3.05, 3.63) is 202 Å². The first-order chi connectivity index (χ1) is 49.0. The minimum absolute atomic E-state index is 0.0883. The van der Waals surface area contributed by atoms with Crippen LogP contribution in [0.5, 0.6) is 0 Å². The van der Waals surface area contributed by atoms with E-state index in [4.69, 9.17) is 86.0 Å². The highest BCUT2D eigenvalue weighted by Crippen LogP contribution is 2.44. The fraction of sp³-hybridized carbons (Fsp3) is 0.474. The quantitative estimate of drug-likeness (QED) is 0.0371. The molecule has 8 heterocycles. The van der Waals surface area contributed by atoms with Gasteiger partial charge in [0.05, 0.1) is 37.8 Å². The Morgan fingerprint density at radius 3 is 0.745 bits per heavy atom. The lowest BCUT2D eigenvalue weighted by Crippen LogP contribution is -2.45. The molecule has 0 spiro atoms. The fourth-order valence-electron chi connectivity index (χ4n) is 13.9. The van der Waals surface area contributed by atoms with Crippen LogP contribution in [0.3, 0.4) is 0 Å². The normalized spacial score (nSPS) is 30.4. The molecule has 4 N–H and O–H groups in total. The van der Waals surface area contributed by atoms with Gasteiger partial charge < -0.3 is 97.1 Å². The highest BCUT2D eigenvalue weighted by molar-refractivity contribution is 5.83. The topological polar surface area (TPSA) is 289 Å². The summed E-state index contributed by atoms with van der Waals surface area (Å²) in [4.78, 5) is 56.4. The minimum atomic E-state index is -1.12. The Morgan fingerprint density at radius 2 is 0.529 bits per heavy atom. The summed E-state index contributed by atoms with van der Waals surface area (Å²) in [5.74, 6) is -5.81. The van der Waals surface area contributed by atoms with Gasteiger partial charge in [0.15, 0.2) is 72.7 Å². The van der Waals surface area contributed by atoms with Crippen molar-refractivity contribution in [1.82, 2.24) is 21.3 Å². The number of azo groups is 1. The molecule has 0 saturated carbocycles. The van der Waals surface area contributed by atoms with Gasteiger partial charge in [0.2, 0.25) is 0 Å². The molecular formula is C76H86N6O20. The Hall–Kier alpha value is -7.84. The zero-order valence-corrected chi connectivity index (χ0v) is 58.0. The molecule has 0 bridgehead atoms. The maximum atomic E-state index is 14.1. The number of carbonyl (C=O) groups is 4. The van der Waals surface area contributed by atoms with Gasteiger partial charge in [-0.15, -0.1) is 0 Å². The fourth-order valence-corrected chi connectivity index (χ4v) is 13.9. The standard InChI is InChI=1S/C76H86N6O20/c1-73(2)95-61-53(57(91-69(61)99-73)65(83)77-35-43-21-13-9-14-22-43)87-39-47-29-48(40-88-54-58(92-70-62(54)96-74(3,4)100-70)66(84)78-36-44-23-15-10-16-24-44)32-51(31-47)81-82-52-33-49(41-89-55-59(93-71-63(55)97-75(5,6)101-71)67(85)79-37-45-25-17-11-18-26-45)30-50(34-52)42-90-56-60(94-72-64(56)98-76(7,8)102-72)68(86)80-38-46-27-19-12-20-28-46/h9-34,53-64,69-72H,35-42H2,1-8H3,(H,77,83)(H,78,84)(H,79,85)(H,80,86)/t53-,54-,55-,56-,57-,58-,59-,60-,61+,62+,63+,64+,69+,70+,71+,72+/m0/s1. The molecule has 8 aliphatic heterocycles. The monoisotopic (exact) mass is 1400 g/mol. The van der Waals surface area contributed by atoms with Gasteiger partial charge in [0.1, 0.15) is 48.8 Å². The van der Waals surface area contributed by atoms with Crippen LogP contribution in [0, 0.1) is 0 Å². The van der Waals surface area contributed by atoms with E-state index in [-0.39, 0.29) is 52.6 Å². The molecular weight excluding hydrogens is 1320 g/mol. The largest absolute Gasteiger partial charge is 0.367 e. The number of fused-ring (bicyclic) bond motifs is 4. The van der Waals surface area contributed by atoms with Crippen LogP contribution in [0.4, 0.5) is 11.4 Å². The van der Waals surface area contributed by atoms with Gasteiger partial charge in [-0.3, -0.25) is 19.2 Å². The van der Waals surface area contributed by atoms with Crippen molar-refractivity contribution in [2.24, 2.45) is 10.2 Å². The molecule has 102 heavy (non-hydrogen) atoms. The maximum Gasteiger partial charge on any atom is 0.252 e. The summed E-state index contributed by atoms with van der Waals surface area (Å²) in [5, 5.41) is 21.7. The van der Waals surface area contributed by atoms with Crippen LogP contribution in [0.1, 0.15) is 99.9 Å². The third-order valence-electron chi connectivity index (χ3n) is 18.4. The molecule has 26 heteroatoms. The highest BCUT2D eigenvalue weighted by atomic mass is 16.9. The number of rotatable bonds is 26. The zero-order chi connectivity index (χ0) is 70.9. The molecule has 26 nitrogen and oxygen atoms in total. The number of carbonyl (C=O) groups excluding carboxylic acids is 4. The summed E-state index contributed by atoms with van der Waals surface area (Å²) in [5.41, 5.74) is 6.64. The number of ether oxygens (including phenoxy) is 16. The molecule has 540 valence electrons. The number of hydrogen-bond acceptors (Lipinski definition) is 22. The van der Waals surface area contributed by atoms with Crippen LogP contribution >= 0.6 is 0 Å². The van der Waals surface area contributed by atoms with Gasteiger partial charge in [-0.2, -0.15) is 10.2 Å². The Labute approximate surface area is 590 Å². The third-order valence-corrected chi connectivity index (χ3v) is 18.4. The molecule has 0 radical (unpaired) electrons. The summed E-state index contributed by atoms with van der Waals surface area (Å²) in [6, 6.07) is 49.0. The van der Waals surface area contributed by atoms with Crippen molar-refractivity contribution in [3.63, 3.8) is 0 Å². The van der Waals surface area contributed by atoms with Crippen LogP contribution in [-0.2, 0) is 148 Å². The summed E-state index contributed by atoms with van der Waals surface area (Å²) < 4.78 is 102. The van der Waals surface area contributed by atoms with Crippen molar-refractivity contribution in [3.8, 4) is 0 Å². The molecule has 8 fully saturated rings. The maximum absolute atomic E-state index is 14.1. The van der Waals surface area contributed by atoms with Gasteiger partial charge in [0, 0.05) is 26.2 Å². The number of benzene rings is 6. The smallest absolute Gasteiger partial charge is 0.252 e. The second-order valence-electron chi connectivity index (χ2n) is 28.2.